The Morgan fingerprint density at radius 1 is 1.12 bits per heavy atom. The van der Waals surface area contributed by atoms with Gasteiger partial charge in [0.05, 0.1) is 5.54 Å². The van der Waals surface area contributed by atoms with E-state index in [9.17, 15) is 0 Å². The summed E-state index contributed by atoms with van der Waals surface area (Å²) in [5.41, 5.74) is 1.52. The summed E-state index contributed by atoms with van der Waals surface area (Å²) in [5.74, 6) is 2.60. The second-order valence-corrected chi connectivity index (χ2v) is 8.03. The summed E-state index contributed by atoms with van der Waals surface area (Å²) in [7, 11) is 0. The number of benzene rings is 1. The van der Waals surface area contributed by atoms with Gasteiger partial charge >= 0.3 is 0 Å². The topological polar surface area (TPSA) is 42.7 Å². The lowest BCUT2D eigenvalue weighted by molar-refractivity contribution is 0.154. The molecular weight excluding hydrogens is 296 g/mol. The van der Waals surface area contributed by atoms with Gasteiger partial charge in [-0.15, -0.1) is 10.2 Å². The van der Waals surface area contributed by atoms with Crippen molar-refractivity contribution in [3.63, 3.8) is 0 Å². The zero-order valence-electron chi connectivity index (χ0n) is 15.0. The molecule has 0 amide bonds. The molecule has 0 saturated carbocycles. The quantitative estimate of drug-likeness (QED) is 0.935. The van der Waals surface area contributed by atoms with Crippen molar-refractivity contribution in [2.24, 2.45) is 0 Å². The Kier molecular flexibility index (Phi) is 3.95. The van der Waals surface area contributed by atoms with Crippen LogP contribution >= 0.6 is 0 Å². The van der Waals surface area contributed by atoms with Crippen LogP contribution in [0.15, 0.2) is 30.3 Å². The number of hydrogen-bond donors (Lipinski definition) is 1. The maximum absolute atomic E-state index is 4.54. The number of piperidine rings is 1. The van der Waals surface area contributed by atoms with E-state index in [0.29, 0.717) is 18.0 Å². The molecule has 128 valence electrons. The molecule has 1 N–H and O–H groups in total. The van der Waals surface area contributed by atoms with Gasteiger partial charge in [-0.3, -0.25) is 0 Å². The summed E-state index contributed by atoms with van der Waals surface area (Å²) in [6.07, 6.45) is 6.04. The predicted molar refractivity (Wildman–Crippen MR) is 96.1 cm³/mol. The highest BCUT2D eigenvalue weighted by atomic mass is 15.3. The highest BCUT2D eigenvalue weighted by Gasteiger charge is 2.46. The zero-order valence-corrected chi connectivity index (χ0v) is 15.0. The Balaban J connectivity index is 1.81. The zero-order chi connectivity index (χ0) is 16.7. The Hall–Kier alpha value is -1.68. The Labute approximate surface area is 144 Å². The van der Waals surface area contributed by atoms with Crippen molar-refractivity contribution < 1.29 is 0 Å². The largest absolute Gasteiger partial charge is 0.311 e. The Morgan fingerprint density at radius 2 is 1.79 bits per heavy atom. The molecule has 2 aliphatic heterocycles. The van der Waals surface area contributed by atoms with E-state index < -0.39 is 0 Å². The number of nitrogens with one attached hydrogen (secondary N) is 1. The van der Waals surface area contributed by atoms with Gasteiger partial charge in [0.1, 0.15) is 11.6 Å². The lowest BCUT2D eigenvalue weighted by Crippen LogP contribution is -2.52. The van der Waals surface area contributed by atoms with E-state index in [1.165, 1.54) is 31.2 Å². The molecule has 2 saturated heterocycles. The van der Waals surface area contributed by atoms with Crippen LogP contribution in [0, 0.1) is 6.92 Å². The molecule has 1 aromatic heterocycles. The fraction of sp³-hybridized carbons (Fsp3) is 0.600. The molecule has 4 rings (SSSR count). The van der Waals surface area contributed by atoms with Crippen LogP contribution in [0.3, 0.4) is 0 Å². The number of rotatable bonds is 4. The molecule has 0 aliphatic carbocycles. The van der Waals surface area contributed by atoms with Gasteiger partial charge in [-0.2, -0.15) is 0 Å². The number of nitrogens with zero attached hydrogens (tertiary/aromatic N) is 3. The fourth-order valence-corrected chi connectivity index (χ4v) is 4.95. The van der Waals surface area contributed by atoms with Crippen molar-refractivity contribution in [3.05, 3.63) is 47.5 Å². The third kappa shape index (κ3) is 2.67. The molecular formula is C20H28N4. The van der Waals surface area contributed by atoms with Crippen molar-refractivity contribution >= 4 is 0 Å². The van der Waals surface area contributed by atoms with Gasteiger partial charge in [-0.1, -0.05) is 44.2 Å². The summed E-state index contributed by atoms with van der Waals surface area (Å²) in [5, 5.41) is 12.8. The minimum absolute atomic E-state index is 0.103. The van der Waals surface area contributed by atoms with Gasteiger partial charge in [0, 0.05) is 18.0 Å². The number of aromatic nitrogens is 3. The molecule has 2 atom stereocenters. The molecule has 4 nitrogen and oxygen atoms in total. The number of fused-ring (bicyclic) bond motifs is 2. The first kappa shape index (κ1) is 15.8. The van der Waals surface area contributed by atoms with Crippen LogP contribution in [0.4, 0.5) is 0 Å². The molecule has 2 aliphatic rings. The van der Waals surface area contributed by atoms with E-state index in [4.69, 9.17) is 0 Å². The number of hydrogen-bond acceptors (Lipinski definition) is 3. The molecule has 4 heteroatoms. The first-order valence-electron chi connectivity index (χ1n) is 9.30. The van der Waals surface area contributed by atoms with Gasteiger partial charge < -0.3 is 9.88 Å². The average Bonchev–Trinajstić information content (AvgIpc) is 3.11. The molecule has 2 fully saturated rings. The van der Waals surface area contributed by atoms with E-state index in [-0.39, 0.29) is 5.54 Å². The summed E-state index contributed by atoms with van der Waals surface area (Å²) in [4.78, 5) is 0. The van der Waals surface area contributed by atoms with Crippen LogP contribution in [-0.4, -0.2) is 26.8 Å². The highest BCUT2D eigenvalue weighted by molar-refractivity contribution is 5.21. The maximum Gasteiger partial charge on any atom is 0.136 e. The van der Waals surface area contributed by atoms with Gasteiger partial charge in [-0.05, 0) is 44.6 Å². The van der Waals surface area contributed by atoms with Crippen molar-refractivity contribution in [2.75, 3.05) is 0 Å². The first-order chi connectivity index (χ1) is 11.6. The molecule has 2 bridgehead atoms. The first-order valence-corrected chi connectivity index (χ1v) is 9.30. The second-order valence-electron chi connectivity index (χ2n) is 8.03. The molecule has 24 heavy (non-hydrogen) atoms. The monoisotopic (exact) mass is 324 g/mol. The van der Waals surface area contributed by atoms with Gasteiger partial charge in [-0.25, -0.2) is 0 Å². The summed E-state index contributed by atoms with van der Waals surface area (Å²) in [6, 6.07) is 12.2. The minimum atomic E-state index is 0.103. The normalized spacial score (nSPS) is 29.3. The fourth-order valence-electron chi connectivity index (χ4n) is 4.95. The molecule has 3 heterocycles. The lowest BCUT2D eigenvalue weighted by atomic mass is 9.78. The van der Waals surface area contributed by atoms with Crippen molar-refractivity contribution in [1.29, 1.82) is 0 Å². The van der Waals surface area contributed by atoms with Gasteiger partial charge in [0.15, 0.2) is 0 Å². The van der Waals surface area contributed by atoms with Gasteiger partial charge in [0.2, 0.25) is 0 Å². The van der Waals surface area contributed by atoms with E-state index in [1.54, 1.807) is 0 Å². The molecule has 1 aromatic carbocycles. The minimum Gasteiger partial charge on any atom is -0.311 e. The molecule has 2 aromatic rings. The highest BCUT2D eigenvalue weighted by Crippen LogP contribution is 2.43. The van der Waals surface area contributed by atoms with Crippen LogP contribution in [0.5, 0.6) is 0 Å². The summed E-state index contributed by atoms with van der Waals surface area (Å²) < 4.78 is 2.50. The third-order valence-electron chi connectivity index (χ3n) is 5.80. The molecule has 2 unspecified atom stereocenters. The summed E-state index contributed by atoms with van der Waals surface area (Å²) >= 11 is 0. The predicted octanol–water partition coefficient (Wildman–Crippen LogP) is 3.56. The Morgan fingerprint density at radius 3 is 2.42 bits per heavy atom. The smallest absolute Gasteiger partial charge is 0.136 e. The van der Waals surface area contributed by atoms with Crippen LogP contribution in [0.25, 0.3) is 0 Å². The maximum atomic E-state index is 4.54. The molecule has 0 spiro atoms. The average molecular weight is 324 g/mol. The van der Waals surface area contributed by atoms with E-state index in [2.05, 4.69) is 71.2 Å². The second kappa shape index (κ2) is 5.99. The van der Waals surface area contributed by atoms with Crippen LogP contribution < -0.4 is 5.32 Å². The van der Waals surface area contributed by atoms with Crippen molar-refractivity contribution in [1.82, 2.24) is 20.1 Å². The SMILES string of the molecule is Cc1nnc(C(C)C)n1C1(Cc2ccccc2)CC2CCC(C1)N2. The van der Waals surface area contributed by atoms with E-state index in [1.807, 2.05) is 0 Å². The van der Waals surface area contributed by atoms with Crippen LogP contribution in [0.1, 0.15) is 62.7 Å². The Bertz CT molecular complexity index is 692. The third-order valence-corrected chi connectivity index (χ3v) is 5.80. The van der Waals surface area contributed by atoms with Gasteiger partial charge in [0.25, 0.3) is 0 Å². The van der Waals surface area contributed by atoms with E-state index >= 15 is 0 Å². The lowest BCUT2D eigenvalue weighted by Gasteiger charge is -2.44. The number of aryl methyl sites for hydroxylation is 1. The molecule has 0 radical (unpaired) electrons. The van der Waals surface area contributed by atoms with Crippen LogP contribution in [0.2, 0.25) is 0 Å². The van der Waals surface area contributed by atoms with Crippen LogP contribution in [-0.2, 0) is 12.0 Å². The standard InChI is InChI=1S/C20H28N4/c1-14(2)19-23-22-15(3)24(19)20(11-16-7-5-4-6-8-16)12-17-9-10-18(13-20)21-17/h4-8,14,17-18,21H,9-13H2,1-3H3. The van der Waals surface area contributed by atoms with Crippen molar-refractivity contribution in [2.45, 2.75) is 76.4 Å². The van der Waals surface area contributed by atoms with Crippen molar-refractivity contribution in [3.8, 4) is 0 Å². The van der Waals surface area contributed by atoms with E-state index in [0.717, 1.165) is 18.1 Å². The summed E-state index contributed by atoms with van der Waals surface area (Å²) in [6.45, 7) is 6.58.